The van der Waals surface area contributed by atoms with Crippen molar-refractivity contribution in [1.82, 2.24) is 0 Å². The predicted molar refractivity (Wildman–Crippen MR) is 64.3 cm³/mol. The standard InChI is InChI=1S/C12H18O2S/c1-9(14-3)8-15-12-6-4-11(5-7-12)10(2)13/h4-7,9-10,13H,8H2,1-3H3. The van der Waals surface area contributed by atoms with Gasteiger partial charge in [-0.15, -0.1) is 11.8 Å². The molecule has 0 aliphatic heterocycles. The van der Waals surface area contributed by atoms with Crippen LogP contribution in [0.4, 0.5) is 0 Å². The van der Waals surface area contributed by atoms with E-state index in [0.29, 0.717) is 0 Å². The molecular formula is C12H18O2S. The number of aliphatic hydroxyl groups is 1. The van der Waals surface area contributed by atoms with E-state index in [1.165, 1.54) is 4.90 Å². The van der Waals surface area contributed by atoms with Gasteiger partial charge in [-0.25, -0.2) is 0 Å². The molecule has 15 heavy (non-hydrogen) atoms. The van der Waals surface area contributed by atoms with E-state index in [9.17, 15) is 5.11 Å². The monoisotopic (exact) mass is 226 g/mol. The van der Waals surface area contributed by atoms with Crippen LogP contribution in [0.15, 0.2) is 29.2 Å². The van der Waals surface area contributed by atoms with Crippen molar-refractivity contribution < 1.29 is 9.84 Å². The third-order valence-corrected chi connectivity index (χ3v) is 3.49. The highest BCUT2D eigenvalue weighted by Crippen LogP contribution is 2.21. The van der Waals surface area contributed by atoms with Crippen LogP contribution in [0.5, 0.6) is 0 Å². The predicted octanol–water partition coefficient (Wildman–Crippen LogP) is 2.87. The Bertz CT molecular complexity index is 282. The van der Waals surface area contributed by atoms with Gasteiger partial charge in [0, 0.05) is 17.8 Å². The van der Waals surface area contributed by atoms with Crippen LogP contribution in [0.3, 0.4) is 0 Å². The van der Waals surface area contributed by atoms with Crippen molar-refractivity contribution in [2.24, 2.45) is 0 Å². The fourth-order valence-corrected chi connectivity index (χ4v) is 2.02. The zero-order chi connectivity index (χ0) is 11.3. The Morgan fingerprint density at radius 3 is 2.33 bits per heavy atom. The van der Waals surface area contributed by atoms with Gasteiger partial charge in [-0.3, -0.25) is 0 Å². The Morgan fingerprint density at radius 2 is 1.87 bits per heavy atom. The van der Waals surface area contributed by atoms with E-state index in [2.05, 4.69) is 6.92 Å². The molecule has 0 aromatic heterocycles. The molecule has 3 heteroatoms. The van der Waals surface area contributed by atoms with Gasteiger partial charge in [0.1, 0.15) is 0 Å². The summed E-state index contributed by atoms with van der Waals surface area (Å²) in [4.78, 5) is 1.21. The van der Waals surface area contributed by atoms with Crippen LogP contribution >= 0.6 is 11.8 Å². The normalized spacial score (nSPS) is 14.9. The minimum Gasteiger partial charge on any atom is -0.389 e. The molecule has 0 saturated carbocycles. The number of aliphatic hydroxyl groups excluding tert-OH is 1. The van der Waals surface area contributed by atoms with Gasteiger partial charge in [0.2, 0.25) is 0 Å². The summed E-state index contributed by atoms with van der Waals surface area (Å²) >= 11 is 1.77. The number of hydrogen-bond donors (Lipinski definition) is 1. The molecule has 1 aromatic rings. The molecular weight excluding hydrogens is 208 g/mol. The van der Waals surface area contributed by atoms with Gasteiger partial charge in [0.25, 0.3) is 0 Å². The minimum absolute atomic E-state index is 0.270. The maximum atomic E-state index is 9.34. The SMILES string of the molecule is COC(C)CSc1ccc(C(C)O)cc1. The molecule has 2 unspecified atom stereocenters. The molecule has 0 fully saturated rings. The van der Waals surface area contributed by atoms with Crippen LogP contribution in [-0.4, -0.2) is 24.1 Å². The fraction of sp³-hybridized carbons (Fsp3) is 0.500. The third kappa shape index (κ3) is 4.24. The first-order valence-electron chi connectivity index (χ1n) is 5.07. The summed E-state index contributed by atoms with van der Waals surface area (Å²) in [6.45, 7) is 3.83. The van der Waals surface area contributed by atoms with Gasteiger partial charge in [0.15, 0.2) is 0 Å². The molecule has 1 rings (SSSR count). The average molecular weight is 226 g/mol. The number of thioether (sulfide) groups is 1. The van der Waals surface area contributed by atoms with Gasteiger partial charge < -0.3 is 9.84 Å². The van der Waals surface area contributed by atoms with Crippen LogP contribution in [0.25, 0.3) is 0 Å². The lowest BCUT2D eigenvalue weighted by Crippen LogP contribution is -2.07. The maximum Gasteiger partial charge on any atom is 0.0761 e. The fourth-order valence-electron chi connectivity index (χ4n) is 1.12. The summed E-state index contributed by atoms with van der Waals surface area (Å²) in [6.07, 6.45) is -0.117. The van der Waals surface area contributed by atoms with E-state index in [4.69, 9.17) is 4.74 Å². The van der Waals surface area contributed by atoms with E-state index in [0.717, 1.165) is 11.3 Å². The molecule has 0 saturated heterocycles. The Hall–Kier alpha value is -0.510. The molecule has 0 aliphatic rings. The van der Waals surface area contributed by atoms with Gasteiger partial charge in [0.05, 0.1) is 12.2 Å². The molecule has 84 valence electrons. The molecule has 0 spiro atoms. The quantitative estimate of drug-likeness (QED) is 0.783. The summed E-state index contributed by atoms with van der Waals surface area (Å²) in [5.41, 5.74) is 0.958. The van der Waals surface area contributed by atoms with Crippen molar-refractivity contribution in [1.29, 1.82) is 0 Å². The van der Waals surface area contributed by atoms with Crippen molar-refractivity contribution in [2.45, 2.75) is 31.0 Å². The molecule has 1 aromatic carbocycles. The summed E-state index contributed by atoms with van der Waals surface area (Å²) in [7, 11) is 1.72. The molecule has 0 radical (unpaired) electrons. The third-order valence-electron chi connectivity index (χ3n) is 2.25. The molecule has 0 bridgehead atoms. The number of rotatable bonds is 5. The van der Waals surface area contributed by atoms with E-state index in [1.54, 1.807) is 25.8 Å². The Morgan fingerprint density at radius 1 is 1.27 bits per heavy atom. The van der Waals surface area contributed by atoms with E-state index >= 15 is 0 Å². The summed E-state index contributed by atoms with van der Waals surface area (Å²) in [5.74, 6) is 0.949. The highest BCUT2D eigenvalue weighted by Gasteiger charge is 2.03. The minimum atomic E-state index is -0.387. The molecule has 2 nitrogen and oxygen atoms in total. The second kappa shape index (κ2) is 6.16. The van der Waals surface area contributed by atoms with E-state index in [-0.39, 0.29) is 12.2 Å². The summed E-state index contributed by atoms with van der Waals surface area (Å²) in [6, 6.07) is 8.00. The number of ether oxygens (including phenoxy) is 1. The van der Waals surface area contributed by atoms with Gasteiger partial charge in [-0.1, -0.05) is 12.1 Å². The van der Waals surface area contributed by atoms with E-state index < -0.39 is 0 Å². The van der Waals surface area contributed by atoms with Crippen molar-refractivity contribution in [2.75, 3.05) is 12.9 Å². The molecule has 2 atom stereocenters. The number of methoxy groups -OCH3 is 1. The van der Waals surface area contributed by atoms with Crippen LogP contribution in [-0.2, 0) is 4.74 Å². The summed E-state index contributed by atoms with van der Waals surface area (Å²) < 4.78 is 5.17. The molecule has 0 heterocycles. The number of hydrogen-bond acceptors (Lipinski definition) is 3. The zero-order valence-corrected chi connectivity index (χ0v) is 10.3. The van der Waals surface area contributed by atoms with Gasteiger partial charge in [-0.05, 0) is 31.5 Å². The topological polar surface area (TPSA) is 29.5 Å². The zero-order valence-electron chi connectivity index (χ0n) is 9.43. The number of benzene rings is 1. The first kappa shape index (κ1) is 12.6. The van der Waals surface area contributed by atoms with Crippen LogP contribution in [0.1, 0.15) is 25.5 Å². The van der Waals surface area contributed by atoms with Crippen molar-refractivity contribution in [3.8, 4) is 0 Å². The summed E-state index contributed by atoms with van der Waals surface area (Å²) in [5, 5.41) is 9.34. The highest BCUT2D eigenvalue weighted by molar-refractivity contribution is 7.99. The lowest BCUT2D eigenvalue weighted by atomic mass is 10.1. The maximum absolute atomic E-state index is 9.34. The van der Waals surface area contributed by atoms with Gasteiger partial charge in [-0.2, -0.15) is 0 Å². The smallest absolute Gasteiger partial charge is 0.0761 e. The average Bonchev–Trinajstić information content (AvgIpc) is 2.26. The van der Waals surface area contributed by atoms with E-state index in [1.807, 2.05) is 24.3 Å². The van der Waals surface area contributed by atoms with Crippen molar-refractivity contribution in [3.05, 3.63) is 29.8 Å². The van der Waals surface area contributed by atoms with Crippen LogP contribution in [0.2, 0.25) is 0 Å². The molecule has 0 aliphatic carbocycles. The second-order valence-corrected chi connectivity index (χ2v) is 4.70. The first-order valence-corrected chi connectivity index (χ1v) is 6.05. The Labute approximate surface area is 95.7 Å². The van der Waals surface area contributed by atoms with Crippen LogP contribution < -0.4 is 0 Å². The van der Waals surface area contributed by atoms with Crippen LogP contribution in [0, 0.1) is 0 Å². The molecule has 1 N–H and O–H groups in total. The van der Waals surface area contributed by atoms with Crippen molar-refractivity contribution in [3.63, 3.8) is 0 Å². The molecule has 0 amide bonds. The highest BCUT2D eigenvalue weighted by atomic mass is 32.2. The van der Waals surface area contributed by atoms with Crippen molar-refractivity contribution >= 4 is 11.8 Å². The lowest BCUT2D eigenvalue weighted by molar-refractivity contribution is 0.138. The second-order valence-electron chi connectivity index (χ2n) is 3.60. The Kier molecular flexibility index (Phi) is 5.15. The Balaban J connectivity index is 2.50. The lowest BCUT2D eigenvalue weighted by Gasteiger charge is -2.09. The van der Waals surface area contributed by atoms with Gasteiger partial charge >= 0.3 is 0 Å². The largest absolute Gasteiger partial charge is 0.389 e. The first-order chi connectivity index (χ1) is 7.13.